The molecule has 0 unspecified atom stereocenters. The molecule has 7 heteroatoms. The molecule has 0 spiro atoms. The molecule has 0 saturated carbocycles. The van der Waals surface area contributed by atoms with Crippen LogP contribution in [0.5, 0.6) is 0 Å². The molecule has 0 saturated heterocycles. The molecule has 0 amide bonds. The number of nitrogens with two attached hydrogens (primary N) is 1. The van der Waals surface area contributed by atoms with E-state index in [2.05, 4.69) is 21.7 Å². The molecule has 2 aromatic carbocycles. The van der Waals surface area contributed by atoms with E-state index in [-0.39, 0.29) is 16.9 Å². The number of aliphatic hydroxyl groups excluding tert-OH is 1. The van der Waals surface area contributed by atoms with Gasteiger partial charge in [-0.3, -0.25) is 0 Å². The number of nitrogens with zero attached hydrogens (tertiary/aromatic N) is 2. The van der Waals surface area contributed by atoms with Crippen LogP contribution in [-0.4, -0.2) is 23.1 Å². The lowest BCUT2D eigenvalue weighted by atomic mass is 9.76. The van der Waals surface area contributed by atoms with Crippen LogP contribution in [0.2, 0.25) is 0 Å². The lowest BCUT2D eigenvalue weighted by Crippen LogP contribution is -2.29. The van der Waals surface area contributed by atoms with Gasteiger partial charge in [-0.05, 0) is 41.7 Å². The summed E-state index contributed by atoms with van der Waals surface area (Å²) >= 11 is 0. The van der Waals surface area contributed by atoms with E-state index >= 15 is 0 Å². The number of hydrogen-bond acceptors (Lipinski definition) is 4. The number of aromatic nitrogens is 2. The summed E-state index contributed by atoms with van der Waals surface area (Å²) in [7, 11) is -3.81. The molecule has 5 rings (SSSR count). The summed E-state index contributed by atoms with van der Waals surface area (Å²) in [5.41, 5.74) is 4.99. The zero-order chi connectivity index (χ0) is 18.8. The van der Waals surface area contributed by atoms with Crippen LogP contribution in [0.25, 0.3) is 11.3 Å². The first-order valence-electron chi connectivity index (χ1n) is 8.90. The van der Waals surface area contributed by atoms with Gasteiger partial charge in [0.1, 0.15) is 0 Å². The number of sulfonamides is 1. The second-order valence-electron chi connectivity index (χ2n) is 7.27. The second kappa shape index (κ2) is 5.76. The second-order valence-corrected chi connectivity index (χ2v) is 8.83. The number of primary sulfonamides is 1. The van der Waals surface area contributed by atoms with Gasteiger partial charge in [0.15, 0.2) is 0 Å². The Morgan fingerprint density at radius 2 is 1.96 bits per heavy atom. The van der Waals surface area contributed by atoms with Crippen LogP contribution >= 0.6 is 0 Å². The van der Waals surface area contributed by atoms with E-state index in [4.69, 9.17) is 5.14 Å². The molecule has 0 bridgehead atoms. The fourth-order valence-corrected chi connectivity index (χ4v) is 5.15. The minimum Gasteiger partial charge on any atom is -0.388 e. The first-order chi connectivity index (χ1) is 12.9. The van der Waals surface area contributed by atoms with E-state index in [0.717, 1.165) is 29.7 Å². The van der Waals surface area contributed by atoms with Crippen molar-refractivity contribution in [2.24, 2.45) is 11.1 Å². The van der Waals surface area contributed by atoms with Gasteiger partial charge in [0.2, 0.25) is 10.0 Å². The summed E-state index contributed by atoms with van der Waals surface area (Å²) < 4.78 is 25.6. The van der Waals surface area contributed by atoms with Crippen molar-refractivity contribution in [2.45, 2.75) is 29.9 Å². The quantitative estimate of drug-likeness (QED) is 0.712. The van der Waals surface area contributed by atoms with Crippen molar-refractivity contribution >= 4 is 10.0 Å². The summed E-state index contributed by atoms with van der Waals surface area (Å²) in [5, 5.41) is 16.5. The first-order valence-corrected chi connectivity index (χ1v) is 10.4. The van der Waals surface area contributed by atoms with Gasteiger partial charge in [-0.2, -0.15) is 0 Å². The third kappa shape index (κ3) is 2.46. The Labute approximate surface area is 157 Å². The van der Waals surface area contributed by atoms with Gasteiger partial charge in [0, 0.05) is 11.5 Å². The van der Waals surface area contributed by atoms with Gasteiger partial charge in [-0.1, -0.05) is 30.3 Å². The third-order valence-electron chi connectivity index (χ3n) is 5.84. The predicted octanol–water partition coefficient (Wildman–Crippen LogP) is 2.40. The highest BCUT2D eigenvalue weighted by atomic mass is 32.2. The Kier molecular flexibility index (Phi) is 3.56. The highest BCUT2D eigenvalue weighted by Gasteiger charge is 2.40. The molecule has 1 aliphatic carbocycles. The fraction of sp³-hybridized carbons (Fsp3) is 0.250. The molecule has 0 fully saturated rings. The van der Waals surface area contributed by atoms with Crippen LogP contribution in [-0.2, 0) is 16.4 Å². The lowest BCUT2D eigenvalue weighted by Gasteiger charge is -2.35. The van der Waals surface area contributed by atoms with E-state index in [9.17, 15) is 13.5 Å². The highest BCUT2D eigenvalue weighted by Crippen LogP contribution is 2.49. The number of fused-ring (bicyclic) bond motifs is 4. The number of hydrogen-bond donors (Lipinski definition) is 2. The van der Waals surface area contributed by atoms with E-state index in [0.29, 0.717) is 5.56 Å². The molecule has 2 heterocycles. The normalized spacial score (nSPS) is 23.6. The van der Waals surface area contributed by atoms with Crippen molar-refractivity contribution in [1.82, 2.24) is 9.55 Å². The largest absolute Gasteiger partial charge is 0.388 e. The van der Waals surface area contributed by atoms with Crippen LogP contribution in [0.15, 0.2) is 59.9 Å². The van der Waals surface area contributed by atoms with Crippen LogP contribution in [0.3, 0.4) is 0 Å². The smallest absolute Gasteiger partial charge is 0.238 e. The Bertz CT molecular complexity index is 1150. The number of rotatable bonds is 2. The average Bonchev–Trinajstić information content (AvgIpc) is 3.23. The van der Waals surface area contributed by atoms with E-state index < -0.39 is 16.1 Å². The van der Waals surface area contributed by atoms with Gasteiger partial charge >= 0.3 is 0 Å². The van der Waals surface area contributed by atoms with Gasteiger partial charge in [-0.25, -0.2) is 18.5 Å². The third-order valence-corrected chi connectivity index (χ3v) is 6.75. The van der Waals surface area contributed by atoms with Crippen molar-refractivity contribution in [3.63, 3.8) is 0 Å². The van der Waals surface area contributed by atoms with Crippen LogP contribution in [0, 0.1) is 5.92 Å². The fourth-order valence-electron chi connectivity index (χ4n) is 4.60. The van der Waals surface area contributed by atoms with Crippen molar-refractivity contribution in [1.29, 1.82) is 0 Å². The molecule has 138 valence electrons. The van der Waals surface area contributed by atoms with E-state index in [1.807, 2.05) is 24.7 Å². The molecule has 1 aromatic heterocycles. The molecule has 27 heavy (non-hydrogen) atoms. The van der Waals surface area contributed by atoms with Crippen molar-refractivity contribution in [3.05, 3.63) is 71.7 Å². The number of aryl methyl sites for hydroxylation is 1. The average molecular weight is 381 g/mol. The van der Waals surface area contributed by atoms with Crippen molar-refractivity contribution in [3.8, 4) is 11.3 Å². The zero-order valence-electron chi connectivity index (χ0n) is 14.5. The molecule has 1 aliphatic heterocycles. The maximum atomic E-state index is 11.7. The number of benzene rings is 2. The van der Waals surface area contributed by atoms with Gasteiger partial charge < -0.3 is 9.67 Å². The van der Waals surface area contributed by atoms with Gasteiger partial charge in [-0.15, -0.1) is 0 Å². The minimum absolute atomic E-state index is 0.0278. The maximum absolute atomic E-state index is 11.7. The van der Waals surface area contributed by atoms with Crippen molar-refractivity contribution < 1.29 is 13.5 Å². The Balaban J connectivity index is 1.61. The van der Waals surface area contributed by atoms with Crippen LogP contribution in [0.1, 0.15) is 35.3 Å². The van der Waals surface area contributed by atoms with Crippen LogP contribution < -0.4 is 5.14 Å². The standard InChI is InChI=1S/C20H19N3O3S/c21-27(25,26)13-7-5-12-6-8-16(20(24)17(12)9-13)19-15-4-2-1-3-14(15)18-10-22-11-23(18)19/h1-5,7,9-11,16,19-20,24H,6,8H2,(H2,21,25,26)/t16-,19-,20-/m1/s1. The van der Waals surface area contributed by atoms with E-state index in [1.165, 1.54) is 17.7 Å². The molecular formula is C20H19N3O3S. The SMILES string of the molecule is NS(=O)(=O)c1ccc2c(c1)[C@H](O)[C@@H]([C@H]1c3ccccc3-c3cncn31)CC2. The van der Waals surface area contributed by atoms with Gasteiger partial charge in [0.05, 0.1) is 35.3 Å². The Hall–Kier alpha value is -2.48. The summed E-state index contributed by atoms with van der Waals surface area (Å²) in [5.74, 6) is -0.0789. The summed E-state index contributed by atoms with van der Waals surface area (Å²) in [6.45, 7) is 0. The molecule has 3 N–H and O–H groups in total. The van der Waals surface area contributed by atoms with Crippen LogP contribution in [0.4, 0.5) is 0 Å². The Morgan fingerprint density at radius 1 is 1.15 bits per heavy atom. The monoisotopic (exact) mass is 381 g/mol. The topological polar surface area (TPSA) is 98.2 Å². The molecule has 0 radical (unpaired) electrons. The minimum atomic E-state index is -3.81. The Morgan fingerprint density at radius 3 is 2.78 bits per heavy atom. The molecule has 3 aromatic rings. The summed E-state index contributed by atoms with van der Waals surface area (Å²) in [6, 6.07) is 13.0. The first kappa shape index (κ1) is 16.7. The van der Waals surface area contributed by atoms with E-state index in [1.54, 1.807) is 6.07 Å². The predicted molar refractivity (Wildman–Crippen MR) is 100 cm³/mol. The molecule has 2 aliphatic rings. The number of aliphatic hydroxyl groups is 1. The highest BCUT2D eigenvalue weighted by molar-refractivity contribution is 7.89. The lowest BCUT2D eigenvalue weighted by molar-refractivity contribution is 0.0718. The molecular weight excluding hydrogens is 362 g/mol. The summed E-state index contributed by atoms with van der Waals surface area (Å²) in [6.07, 6.45) is 4.47. The van der Waals surface area contributed by atoms with Crippen molar-refractivity contribution in [2.75, 3.05) is 0 Å². The zero-order valence-corrected chi connectivity index (χ0v) is 15.3. The summed E-state index contributed by atoms with van der Waals surface area (Å²) in [4.78, 5) is 4.33. The molecule has 3 atom stereocenters. The maximum Gasteiger partial charge on any atom is 0.238 e. The van der Waals surface area contributed by atoms with Gasteiger partial charge in [0.25, 0.3) is 0 Å². The number of imidazole rings is 1. The molecule has 6 nitrogen and oxygen atoms in total.